The van der Waals surface area contributed by atoms with Crippen molar-refractivity contribution in [2.75, 3.05) is 25.0 Å². The minimum atomic E-state index is 0.115. The SMILES string of the molecule is CCCCCCCCCCCCCCCCCCCC(=O)NCCc1c[nH]c2ccc(NCCO)cc12. The molecule has 4 N–H and O–H groups in total. The number of fused-ring (bicyclic) bond motifs is 1. The zero-order chi connectivity index (χ0) is 26.4. The lowest BCUT2D eigenvalue weighted by atomic mass is 10.0. The summed E-state index contributed by atoms with van der Waals surface area (Å²) in [6.07, 6.45) is 26.6. The molecule has 1 amide bonds. The third-order valence-corrected chi connectivity index (χ3v) is 7.43. The Morgan fingerprint density at radius 1 is 0.784 bits per heavy atom. The average molecular weight is 514 g/mol. The van der Waals surface area contributed by atoms with E-state index in [0.717, 1.165) is 30.5 Å². The van der Waals surface area contributed by atoms with Crippen molar-refractivity contribution in [2.24, 2.45) is 0 Å². The lowest BCUT2D eigenvalue weighted by molar-refractivity contribution is -0.121. The van der Waals surface area contributed by atoms with Crippen LogP contribution < -0.4 is 10.6 Å². The molecule has 37 heavy (non-hydrogen) atoms. The van der Waals surface area contributed by atoms with Crippen LogP contribution in [0.25, 0.3) is 10.9 Å². The Morgan fingerprint density at radius 3 is 1.92 bits per heavy atom. The first-order chi connectivity index (χ1) is 18.2. The summed E-state index contributed by atoms with van der Waals surface area (Å²) < 4.78 is 0. The van der Waals surface area contributed by atoms with Crippen molar-refractivity contribution in [3.8, 4) is 0 Å². The number of amides is 1. The number of benzene rings is 1. The number of aliphatic hydroxyl groups excluding tert-OH is 1. The second-order valence-corrected chi connectivity index (χ2v) is 10.7. The molecule has 0 saturated heterocycles. The summed E-state index contributed by atoms with van der Waals surface area (Å²) in [5.41, 5.74) is 3.31. The van der Waals surface area contributed by atoms with Gasteiger partial charge in [-0.15, -0.1) is 0 Å². The number of carbonyl (C=O) groups is 1. The van der Waals surface area contributed by atoms with Crippen molar-refractivity contribution >= 4 is 22.5 Å². The van der Waals surface area contributed by atoms with Crippen LogP contribution in [-0.4, -0.2) is 35.7 Å². The number of aliphatic hydroxyl groups is 1. The normalized spacial score (nSPS) is 11.3. The maximum Gasteiger partial charge on any atom is 0.220 e. The standard InChI is InChI=1S/C32H55N3O2/c1-2-3-4-5-6-7-8-9-10-11-12-13-14-15-16-17-18-19-32(37)34-23-22-28-27-35-31-21-20-29(26-30(28)31)33-24-25-36/h20-21,26-27,33,35-36H,2-19,22-25H2,1H3,(H,34,37). The summed E-state index contributed by atoms with van der Waals surface area (Å²) in [7, 11) is 0. The van der Waals surface area contributed by atoms with Gasteiger partial charge in [0.1, 0.15) is 0 Å². The van der Waals surface area contributed by atoms with Gasteiger partial charge in [0.2, 0.25) is 5.91 Å². The Balaban J connectivity index is 1.39. The van der Waals surface area contributed by atoms with Crippen molar-refractivity contribution in [3.63, 3.8) is 0 Å². The van der Waals surface area contributed by atoms with E-state index in [0.29, 0.717) is 19.5 Å². The number of unbranched alkanes of at least 4 members (excludes halogenated alkanes) is 16. The minimum absolute atomic E-state index is 0.115. The summed E-state index contributed by atoms with van der Waals surface area (Å²) in [5.74, 6) is 0.172. The zero-order valence-corrected chi connectivity index (χ0v) is 23.7. The van der Waals surface area contributed by atoms with Crippen LogP contribution in [-0.2, 0) is 11.2 Å². The second-order valence-electron chi connectivity index (χ2n) is 10.7. The van der Waals surface area contributed by atoms with E-state index in [9.17, 15) is 4.79 Å². The number of aromatic amines is 1. The monoisotopic (exact) mass is 513 g/mol. The van der Waals surface area contributed by atoms with Crippen molar-refractivity contribution in [3.05, 3.63) is 30.0 Å². The van der Waals surface area contributed by atoms with E-state index >= 15 is 0 Å². The number of nitrogens with one attached hydrogen (secondary N) is 3. The highest BCUT2D eigenvalue weighted by molar-refractivity contribution is 5.86. The number of hydrogen-bond donors (Lipinski definition) is 4. The molecule has 2 aromatic rings. The van der Waals surface area contributed by atoms with Crippen LogP contribution in [0.4, 0.5) is 5.69 Å². The molecule has 0 bridgehead atoms. The molecule has 5 nitrogen and oxygen atoms in total. The number of carbonyl (C=O) groups excluding carboxylic acids is 1. The van der Waals surface area contributed by atoms with Crippen molar-refractivity contribution in [1.29, 1.82) is 0 Å². The summed E-state index contributed by atoms with van der Waals surface area (Å²) in [4.78, 5) is 15.5. The van der Waals surface area contributed by atoms with E-state index in [1.165, 1.54) is 107 Å². The van der Waals surface area contributed by atoms with Crippen molar-refractivity contribution in [2.45, 2.75) is 129 Å². The van der Waals surface area contributed by atoms with Crippen molar-refractivity contribution in [1.82, 2.24) is 10.3 Å². The largest absolute Gasteiger partial charge is 0.395 e. The Morgan fingerprint density at radius 2 is 1.35 bits per heavy atom. The molecule has 0 aliphatic rings. The lowest BCUT2D eigenvalue weighted by Crippen LogP contribution is -2.25. The topological polar surface area (TPSA) is 77.2 Å². The summed E-state index contributed by atoms with van der Waals surface area (Å²) in [5, 5.41) is 16.5. The van der Waals surface area contributed by atoms with E-state index in [2.05, 4.69) is 34.7 Å². The summed E-state index contributed by atoms with van der Waals surface area (Å²) in [6.45, 7) is 3.61. The fourth-order valence-corrected chi connectivity index (χ4v) is 5.13. The van der Waals surface area contributed by atoms with Gasteiger partial charge in [0.15, 0.2) is 0 Å². The molecule has 0 fully saturated rings. The van der Waals surface area contributed by atoms with E-state index in [1.807, 2.05) is 12.3 Å². The van der Waals surface area contributed by atoms with Gasteiger partial charge in [-0.2, -0.15) is 0 Å². The molecule has 2 rings (SSSR count). The van der Waals surface area contributed by atoms with Gasteiger partial charge in [-0.25, -0.2) is 0 Å². The number of H-pyrrole nitrogens is 1. The van der Waals surface area contributed by atoms with Crippen LogP contribution in [0.1, 0.15) is 128 Å². The summed E-state index contributed by atoms with van der Waals surface area (Å²) in [6, 6.07) is 6.17. The lowest BCUT2D eigenvalue weighted by Gasteiger charge is -2.07. The van der Waals surface area contributed by atoms with Crippen LogP contribution in [0.5, 0.6) is 0 Å². The van der Waals surface area contributed by atoms with Crippen LogP contribution in [0.15, 0.2) is 24.4 Å². The quantitative estimate of drug-likeness (QED) is 0.107. The highest BCUT2D eigenvalue weighted by Crippen LogP contribution is 2.22. The van der Waals surface area contributed by atoms with Gasteiger partial charge in [0.25, 0.3) is 0 Å². The average Bonchev–Trinajstić information content (AvgIpc) is 3.31. The van der Waals surface area contributed by atoms with E-state index < -0.39 is 0 Å². The molecule has 5 heteroatoms. The molecule has 1 aromatic heterocycles. The van der Waals surface area contributed by atoms with Crippen LogP contribution >= 0.6 is 0 Å². The predicted octanol–water partition coefficient (Wildman–Crippen LogP) is 8.27. The molecule has 0 unspecified atom stereocenters. The van der Waals surface area contributed by atoms with Gasteiger partial charge in [-0.05, 0) is 36.6 Å². The van der Waals surface area contributed by atoms with E-state index in [1.54, 1.807) is 0 Å². The Labute approximate surface area is 226 Å². The van der Waals surface area contributed by atoms with E-state index in [4.69, 9.17) is 5.11 Å². The van der Waals surface area contributed by atoms with Gasteiger partial charge in [-0.1, -0.05) is 110 Å². The smallest absolute Gasteiger partial charge is 0.220 e. The van der Waals surface area contributed by atoms with Crippen LogP contribution in [0.2, 0.25) is 0 Å². The fraction of sp³-hybridized carbons (Fsp3) is 0.719. The molecule has 0 spiro atoms. The summed E-state index contributed by atoms with van der Waals surface area (Å²) >= 11 is 0. The van der Waals surface area contributed by atoms with Gasteiger partial charge in [0, 0.05) is 42.3 Å². The zero-order valence-electron chi connectivity index (χ0n) is 23.7. The molecule has 0 saturated carbocycles. The Hall–Kier alpha value is -2.01. The van der Waals surface area contributed by atoms with Gasteiger partial charge < -0.3 is 20.7 Å². The third-order valence-electron chi connectivity index (χ3n) is 7.43. The molecular formula is C32H55N3O2. The molecule has 0 aliphatic heterocycles. The maximum absolute atomic E-state index is 12.2. The molecule has 0 atom stereocenters. The first-order valence-corrected chi connectivity index (χ1v) is 15.5. The first kappa shape index (κ1) is 31.2. The third kappa shape index (κ3) is 14.5. The highest BCUT2D eigenvalue weighted by atomic mass is 16.3. The second kappa shape index (κ2) is 21.0. The van der Waals surface area contributed by atoms with Gasteiger partial charge in [0.05, 0.1) is 6.61 Å². The van der Waals surface area contributed by atoms with Gasteiger partial charge >= 0.3 is 0 Å². The molecule has 0 aliphatic carbocycles. The fourth-order valence-electron chi connectivity index (χ4n) is 5.13. The Bertz CT molecular complexity index is 833. The predicted molar refractivity (Wildman–Crippen MR) is 159 cm³/mol. The van der Waals surface area contributed by atoms with Crippen molar-refractivity contribution < 1.29 is 9.90 Å². The highest BCUT2D eigenvalue weighted by Gasteiger charge is 2.06. The van der Waals surface area contributed by atoms with Crippen LogP contribution in [0.3, 0.4) is 0 Å². The number of aromatic nitrogens is 1. The molecule has 1 heterocycles. The molecule has 0 radical (unpaired) electrons. The molecule has 1 aromatic carbocycles. The number of rotatable bonds is 24. The minimum Gasteiger partial charge on any atom is -0.395 e. The number of hydrogen-bond acceptors (Lipinski definition) is 3. The molecule has 210 valence electrons. The van der Waals surface area contributed by atoms with E-state index in [-0.39, 0.29) is 12.5 Å². The molecular weight excluding hydrogens is 458 g/mol. The van der Waals surface area contributed by atoms with Gasteiger partial charge in [-0.3, -0.25) is 4.79 Å². The van der Waals surface area contributed by atoms with Crippen LogP contribution in [0, 0.1) is 0 Å². The number of anilines is 1. The maximum atomic E-state index is 12.2. The first-order valence-electron chi connectivity index (χ1n) is 15.5. The Kier molecular flexibility index (Phi) is 17.7.